The molecule has 1 unspecified atom stereocenters. The second-order valence-corrected chi connectivity index (χ2v) is 5.27. The van der Waals surface area contributed by atoms with Crippen molar-refractivity contribution in [2.24, 2.45) is 0 Å². The first kappa shape index (κ1) is 15.7. The molecule has 0 heterocycles. The lowest BCUT2D eigenvalue weighted by Crippen LogP contribution is -2.19. The van der Waals surface area contributed by atoms with Gasteiger partial charge in [-0.3, -0.25) is 0 Å². The van der Waals surface area contributed by atoms with Gasteiger partial charge in [0, 0.05) is 10.6 Å². The van der Waals surface area contributed by atoms with Crippen LogP contribution in [0, 0.1) is 6.92 Å². The molecule has 0 amide bonds. The SMILES string of the molecule is CNC(c1ccc(OC)cc1C)c1ccc(Cl)cc1OC. The van der Waals surface area contributed by atoms with Gasteiger partial charge in [0.15, 0.2) is 0 Å². The van der Waals surface area contributed by atoms with E-state index in [1.54, 1.807) is 14.2 Å². The summed E-state index contributed by atoms with van der Waals surface area (Å²) in [5, 5.41) is 4.01. The minimum atomic E-state index is 0.0307. The van der Waals surface area contributed by atoms with Crippen molar-refractivity contribution in [3.05, 3.63) is 58.1 Å². The number of ether oxygens (including phenoxy) is 2. The summed E-state index contributed by atoms with van der Waals surface area (Å²) in [4.78, 5) is 0. The van der Waals surface area contributed by atoms with Gasteiger partial charge in [0.25, 0.3) is 0 Å². The summed E-state index contributed by atoms with van der Waals surface area (Å²) in [5.41, 5.74) is 3.39. The molecular weight excluding hydrogens is 286 g/mol. The second-order valence-electron chi connectivity index (χ2n) is 4.83. The first-order valence-electron chi connectivity index (χ1n) is 6.76. The highest BCUT2D eigenvalue weighted by molar-refractivity contribution is 6.30. The number of halogens is 1. The standard InChI is InChI=1S/C17H20ClNO2/c1-11-9-13(20-3)6-8-14(11)17(19-2)15-7-5-12(18)10-16(15)21-4/h5-10,17,19H,1-4H3. The van der Waals surface area contributed by atoms with Crippen molar-refractivity contribution < 1.29 is 9.47 Å². The van der Waals surface area contributed by atoms with Gasteiger partial charge in [-0.15, -0.1) is 0 Å². The number of benzene rings is 2. The van der Waals surface area contributed by atoms with Crippen LogP contribution in [-0.2, 0) is 0 Å². The Kier molecular flexibility index (Phi) is 5.10. The van der Waals surface area contributed by atoms with E-state index in [2.05, 4.69) is 18.3 Å². The molecule has 0 aliphatic rings. The predicted octanol–water partition coefficient (Wildman–Crippen LogP) is 3.97. The normalized spacial score (nSPS) is 12.0. The lowest BCUT2D eigenvalue weighted by molar-refractivity contribution is 0.405. The Balaban J connectivity index is 2.49. The van der Waals surface area contributed by atoms with E-state index in [1.807, 2.05) is 37.4 Å². The van der Waals surface area contributed by atoms with Crippen LogP contribution >= 0.6 is 11.6 Å². The van der Waals surface area contributed by atoms with E-state index in [0.717, 1.165) is 22.6 Å². The molecule has 3 nitrogen and oxygen atoms in total. The van der Waals surface area contributed by atoms with E-state index >= 15 is 0 Å². The topological polar surface area (TPSA) is 30.5 Å². The van der Waals surface area contributed by atoms with Crippen molar-refractivity contribution in [3.63, 3.8) is 0 Å². The van der Waals surface area contributed by atoms with Crippen molar-refractivity contribution in [1.29, 1.82) is 0 Å². The van der Waals surface area contributed by atoms with Gasteiger partial charge >= 0.3 is 0 Å². The Morgan fingerprint density at radius 3 is 2.29 bits per heavy atom. The lowest BCUT2D eigenvalue weighted by atomic mass is 9.94. The van der Waals surface area contributed by atoms with Gasteiger partial charge in [-0.2, -0.15) is 0 Å². The second kappa shape index (κ2) is 6.83. The Bertz CT molecular complexity index is 628. The van der Waals surface area contributed by atoms with Crippen LogP contribution in [0.1, 0.15) is 22.7 Å². The fourth-order valence-electron chi connectivity index (χ4n) is 2.50. The molecule has 1 N–H and O–H groups in total. The fourth-order valence-corrected chi connectivity index (χ4v) is 2.66. The molecule has 0 aromatic heterocycles. The van der Waals surface area contributed by atoms with Crippen LogP contribution < -0.4 is 14.8 Å². The van der Waals surface area contributed by atoms with Crippen LogP contribution in [0.15, 0.2) is 36.4 Å². The van der Waals surface area contributed by atoms with Gasteiger partial charge in [-0.25, -0.2) is 0 Å². The van der Waals surface area contributed by atoms with Crippen LogP contribution in [0.5, 0.6) is 11.5 Å². The van der Waals surface area contributed by atoms with Crippen molar-refractivity contribution in [3.8, 4) is 11.5 Å². The summed E-state index contributed by atoms with van der Waals surface area (Å²) < 4.78 is 10.7. The maximum absolute atomic E-state index is 6.04. The van der Waals surface area contributed by atoms with E-state index in [9.17, 15) is 0 Å². The third kappa shape index (κ3) is 3.31. The third-order valence-corrected chi connectivity index (χ3v) is 3.82. The highest BCUT2D eigenvalue weighted by Gasteiger charge is 2.18. The highest BCUT2D eigenvalue weighted by Crippen LogP contribution is 2.34. The van der Waals surface area contributed by atoms with Crippen LogP contribution in [0.2, 0.25) is 5.02 Å². The zero-order valence-electron chi connectivity index (χ0n) is 12.7. The van der Waals surface area contributed by atoms with Crippen LogP contribution in [-0.4, -0.2) is 21.3 Å². The lowest BCUT2D eigenvalue weighted by Gasteiger charge is -2.22. The van der Waals surface area contributed by atoms with Crippen LogP contribution in [0.3, 0.4) is 0 Å². The summed E-state index contributed by atoms with van der Waals surface area (Å²) in [7, 11) is 5.26. The molecule has 0 radical (unpaired) electrons. The van der Waals surface area contributed by atoms with E-state index in [-0.39, 0.29) is 6.04 Å². The van der Waals surface area contributed by atoms with Crippen LogP contribution in [0.25, 0.3) is 0 Å². The molecule has 21 heavy (non-hydrogen) atoms. The van der Waals surface area contributed by atoms with Crippen LogP contribution in [0.4, 0.5) is 0 Å². The van der Waals surface area contributed by atoms with E-state index in [1.165, 1.54) is 5.56 Å². The molecule has 2 rings (SSSR count). The molecule has 0 saturated heterocycles. The van der Waals surface area contributed by atoms with Gasteiger partial charge in [0.05, 0.1) is 20.3 Å². The molecular formula is C17H20ClNO2. The Morgan fingerprint density at radius 1 is 1.00 bits per heavy atom. The number of rotatable bonds is 5. The predicted molar refractivity (Wildman–Crippen MR) is 86.6 cm³/mol. The first-order chi connectivity index (χ1) is 10.1. The average molecular weight is 306 g/mol. The average Bonchev–Trinajstić information content (AvgIpc) is 2.50. The zero-order valence-corrected chi connectivity index (χ0v) is 13.5. The van der Waals surface area contributed by atoms with Gasteiger partial charge in [-0.1, -0.05) is 23.7 Å². The van der Waals surface area contributed by atoms with Gasteiger partial charge < -0.3 is 14.8 Å². The van der Waals surface area contributed by atoms with Gasteiger partial charge in [0.2, 0.25) is 0 Å². The number of aryl methyl sites for hydroxylation is 1. The molecule has 4 heteroatoms. The van der Waals surface area contributed by atoms with Gasteiger partial charge in [0.1, 0.15) is 11.5 Å². The summed E-state index contributed by atoms with van der Waals surface area (Å²) in [6, 6.07) is 11.8. The fraction of sp³-hybridized carbons (Fsp3) is 0.294. The van der Waals surface area contributed by atoms with Crippen molar-refractivity contribution >= 4 is 11.6 Å². The Hall–Kier alpha value is -1.71. The zero-order chi connectivity index (χ0) is 15.4. The van der Waals surface area contributed by atoms with Crippen molar-refractivity contribution in [2.45, 2.75) is 13.0 Å². The molecule has 0 spiro atoms. The maximum Gasteiger partial charge on any atom is 0.125 e. The summed E-state index contributed by atoms with van der Waals surface area (Å²) in [6.45, 7) is 2.07. The maximum atomic E-state index is 6.04. The molecule has 0 saturated carbocycles. The van der Waals surface area contributed by atoms with Crippen molar-refractivity contribution in [2.75, 3.05) is 21.3 Å². The highest BCUT2D eigenvalue weighted by atomic mass is 35.5. The minimum absolute atomic E-state index is 0.0307. The van der Waals surface area contributed by atoms with E-state index in [4.69, 9.17) is 21.1 Å². The molecule has 0 fully saturated rings. The summed E-state index contributed by atoms with van der Waals surface area (Å²) in [6.07, 6.45) is 0. The van der Waals surface area contributed by atoms with Crippen molar-refractivity contribution in [1.82, 2.24) is 5.32 Å². The molecule has 2 aromatic carbocycles. The largest absolute Gasteiger partial charge is 0.497 e. The molecule has 0 aliphatic heterocycles. The quantitative estimate of drug-likeness (QED) is 0.906. The Morgan fingerprint density at radius 2 is 1.71 bits per heavy atom. The molecule has 1 atom stereocenters. The number of methoxy groups -OCH3 is 2. The number of hydrogen-bond acceptors (Lipinski definition) is 3. The summed E-state index contributed by atoms with van der Waals surface area (Å²) >= 11 is 6.04. The minimum Gasteiger partial charge on any atom is -0.497 e. The first-order valence-corrected chi connectivity index (χ1v) is 7.13. The van der Waals surface area contributed by atoms with Gasteiger partial charge in [-0.05, 0) is 49.4 Å². The van der Waals surface area contributed by atoms with E-state index in [0.29, 0.717) is 5.02 Å². The van der Waals surface area contributed by atoms with E-state index < -0.39 is 0 Å². The summed E-state index contributed by atoms with van der Waals surface area (Å²) in [5.74, 6) is 1.63. The third-order valence-electron chi connectivity index (χ3n) is 3.58. The monoisotopic (exact) mass is 305 g/mol. The molecule has 0 bridgehead atoms. The Labute approximate surface area is 130 Å². The molecule has 112 valence electrons. The number of nitrogens with one attached hydrogen (secondary N) is 1. The molecule has 0 aliphatic carbocycles. The molecule has 2 aromatic rings. The smallest absolute Gasteiger partial charge is 0.125 e. The number of hydrogen-bond donors (Lipinski definition) is 1.